The molecule has 1 aromatic rings. The highest BCUT2D eigenvalue weighted by Crippen LogP contribution is 2.08. The molecule has 0 N–H and O–H groups in total. The highest BCUT2D eigenvalue weighted by Gasteiger charge is 1.95. The molecular formula is C14H31NO. The first-order valence-corrected chi connectivity index (χ1v) is 6.05. The topological polar surface area (TPSA) is 26.0 Å². The molecular weight excluding hydrogens is 198 g/mol. The van der Waals surface area contributed by atoms with Gasteiger partial charge in [-0.25, -0.2) is 4.98 Å². The zero-order valence-corrected chi connectivity index (χ0v) is 12.7. The molecule has 1 aromatic heterocycles. The molecule has 0 radical (unpaired) electrons. The fraction of sp³-hybridized carbons (Fsp3) is 0.786. The number of nitrogens with zero attached hydrogens (tertiary/aromatic N) is 1. The van der Waals surface area contributed by atoms with Crippen molar-refractivity contribution in [1.82, 2.24) is 4.98 Å². The molecule has 0 aliphatic rings. The van der Waals surface area contributed by atoms with Gasteiger partial charge in [0.15, 0.2) is 6.39 Å². The lowest BCUT2D eigenvalue weighted by Gasteiger charge is -2.05. The fourth-order valence-electron chi connectivity index (χ4n) is 0.176. The van der Waals surface area contributed by atoms with Crippen molar-refractivity contribution in [2.75, 3.05) is 0 Å². The third kappa shape index (κ3) is 111. The first-order valence-electron chi connectivity index (χ1n) is 6.05. The Morgan fingerprint density at radius 2 is 1.31 bits per heavy atom. The number of hydrogen-bond donors (Lipinski definition) is 0. The van der Waals surface area contributed by atoms with Crippen LogP contribution >= 0.6 is 0 Å². The Bertz CT molecular complexity index is 147. The normalized spacial score (nSPS) is 8.88. The summed E-state index contributed by atoms with van der Waals surface area (Å²) in [5.41, 5.74) is 0.500. The van der Waals surface area contributed by atoms with Gasteiger partial charge in [-0.05, 0) is 11.3 Å². The summed E-state index contributed by atoms with van der Waals surface area (Å²) in [4.78, 5) is 3.56. The van der Waals surface area contributed by atoms with E-state index in [9.17, 15) is 0 Å². The van der Waals surface area contributed by atoms with E-state index >= 15 is 0 Å². The minimum absolute atomic E-state index is 0.500. The molecule has 1 rings (SSSR count). The lowest BCUT2D eigenvalue weighted by Crippen LogP contribution is -1.93. The molecule has 0 unspecified atom stereocenters. The molecule has 0 aromatic carbocycles. The van der Waals surface area contributed by atoms with Crippen LogP contribution in [0.2, 0.25) is 0 Å². The number of aromatic nitrogens is 1. The zero-order valence-electron chi connectivity index (χ0n) is 12.7. The molecule has 0 atom stereocenters. The van der Waals surface area contributed by atoms with E-state index in [1.165, 1.54) is 12.7 Å². The quantitative estimate of drug-likeness (QED) is 0.594. The van der Waals surface area contributed by atoms with E-state index in [0.717, 1.165) is 5.92 Å². The van der Waals surface area contributed by atoms with Gasteiger partial charge in [-0.1, -0.05) is 62.3 Å². The van der Waals surface area contributed by atoms with Crippen LogP contribution in [0, 0.1) is 11.3 Å². The zero-order chi connectivity index (χ0) is 13.6. The van der Waals surface area contributed by atoms with Crippen LogP contribution in [0.5, 0.6) is 0 Å². The van der Waals surface area contributed by atoms with E-state index in [2.05, 4.69) is 57.9 Å². The van der Waals surface area contributed by atoms with Gasteiger partial charge < -0.3 is 4.42 Å². The molecule has 0 spiro atoms. The Balaban J connectivity index is -0.000000148. The van der Waals surface area contributed by atoms with Crippen molar-refractivity contribution in [3.05, 3.63) is 18.9 Å². The van der Waals surface area contributed by atoms with Crippen LogP contribution in [0.1, 0.15) is 62.3 Å². The van der Waals surface area contributed by atoms with Crippen molar-refractivity contribution in [2.24, 2.45) is 11.3 Å². The molecule has 0 aliphatic heterocycles. The van der Waals surface area contributed by atoms with E-state index in [0.29, 0.717) is 5.41 Å². The minimum atomic E-state index is 0.500. The monoisotopic (exact) mass is 229 g/mol. The Morgan fingerprint density at radius 1 is 1.00 bits per heavy atom. The molecule has 1 heterocycles. The molecule has 98 valence electrons. The van der Waals surface area contributed by atoms with Gasteiger partial charge in [0, 0.05) is 0 Å². The Morgan fingerprint density at radius 3 is 1.38 bits per heavy atom. The maximum absolute atomic E-state index is 4.47. The molecule has 0 bridgehead atoms. The van der Waals surface area contributed by atoms with E-state index in [4.69, 9.17) is 0 Å². The summed E-state index contributed by atoms with van der Waals surface area (Å²) >= 11 is 0. The molecule has 0 saturated heterocycles. The first kappa shape index (κ1) is 20.6. The van der Waals surface area contributed by atoms with Crippen LogP contribution < -0.4 is 0 Å². The van der Waals surface area contributed by atoms with Gasteiger partial charge >= 0.3 is 0 Å². The molecule has 0 saturated carbocycles. The van der Waals surface area contributed by atoms with Crippen molar-refractivity contribution >= 4 is 0 Å². The van der Waals surface area contributed by atoms with Crippen molar-refractivity contribution in [2.45, 2.75) is 62.3 Å². The lowest BCUT2D eigenvalue weighted by molar-refractivity contribution is 0.469. The second-order valence-electron chi connectivity index (χ2n) is 5.41. The maximum atomic E-state index is 4.47. The highest BCUT2D eigenvalue weighted by molar-refractivity contribution is 4.56. The summed E-state index contributed by atoms with van der Waals surface area (Å²) in [6, 6.07) is 0. The Kier molecular flexibility index (Phi) is 18.3. The maximum Gasteiger partial charge on any atom is 0.180 e. The summed E-state index contributed by atoms with van der Waals surface area (Å²) in [6.07, 6.45) is 4.47. The van der Waals surface area contributed by atoms with E-state index in [1.807, 2.05) is 13.8 Å². The van der Waals surface area contributed by atoms with Crippen molar-refractivity contribution in [1.29, 1.82) is 0 Å². The van der Waals surface area contributed by atoms with E-state index in [-0.39, 0.29) is 0 Å². The van der Waals surface area contributed by atoms with Gasteiger partial charge in [0.05, 0.1) is 6.20 Å². The average Bonchev–Trinajstić information content (AvgIpc) is 2.58. The van der Waals surface area contributed by atoms with E-state index in [1.54, 1.807) is 6.20 Å². The minimum Gasteiger partial charge on any atom is -0.452 e. The Labute approximate surface area is 102 Å². The highest BCUT2D eigenvalue weighted by atomic mass is 16.3. The van der Waals surface area contributed by atoms with Gasteiger partial charge in [-0.3, -0.25) is 0 Å². The van der Waals surface area contributed by atoms with Gasteiger partial charge in [0.25, 0.3) is 0 Å². The number of hydrogen-bond acceptors (Lipinski definition) is 2. The second kappa shape index (κ2) is 14.2. The largest absolute Gasteiger partial charge is 0.452 e. The predicted molar refractivity (Wildman–Crippen MR) is 73.5 cm³/mol. The fourth-order valence-corrected chi connectivity index (χ4v) is 0.176. The predicted octanol–water partition coefficient (Wildman–Crippen LogP) is 5.42. The standard InChI is InChI=1S/C5H12.C4H10.C3H3NO.C2H6/c1-5(2,3)4;1-4(2)3;1-2-5-3-4-1;1-2/h1-4H3;4H,1-3H3;1-3H;1-2H3. The van der Waals surface area contributed by atoms with Crippen LogP contribution in [-0.4, -0.2) is 4.98 Å². The SMILES string of the molecule is CC.CC(C)(C)C.CC(C)C.c1cocn1. The number of rotatable bonds is 0. The number of oxazole rings is 1. The molecule has 16 heavy (non-hydrogen) atoms. The van der Waals surface area contributed by atoms with Crippen LogP contribution in [-0.2, 0) is 0 Å². The molecule has 0 amide bonds. The average molecular weight is 229 g/mol. The summed E-state index contributed by atoms with van der Waals surface area (Å²) in [6.45, 7) is 19.2. The lowest BCUT2D eigenvalue weighted by atomic mass is 10.0. The van der Waals surface area contributed by atoms with Crippen LogP contribution in [0.25, 0.3) is 0 Å². The van der Waals surface area contributed by atoms with Crippen molar-refractivity contribution in [3.63, 3.8) is 0 Å². The van der Waals surface area contributed by atoms with Crippen molar-refractivity contribution < 1.29 is 4.42 Å². The van der Waals surface area contributed by atoms with Gasteiger partial charge in [0.1, 0.15) is 6.26 Å². The van der Waals surface area contributed by atoms with E-state index < -0.39 is 0 Å². The smallest absolute Gasteiger partial charge is 0.180 e. The van der Waals surface area contributed by atoms with Crippen LogP contribution in [0.15, 0.2) is 23.3 Å². The Hall–Kier alpha value is -0.790. The summed E-state index contributed by atoms with van der Waals surface area (Å²) in [5.74, 6) is 0.833. The first-order chi connectivity index (χ1) is 7.23. The summed E-state index contributed by atoms with van der Waals surface area (Å²) in [7, 11) is 0. The molecule has 0 fully saturated rings. The third-order valence-corrected chi connectivity index (χ3v) is 0.347. The van der Waals surface area contributed by atoms with Gasteiger partial charge in [-0.2, -0.15) is 0 Å². The van der Waals surface area contributed by atoms with Crippen LogP contribution in [0.3, 0.4) is 0 Å². The van der Waals surface area contributed by atoms with Crippen LogP contribution in [0.4, 0.5) is 0 Å². The second-order valence-corrected chi connectivity index (χ2v) is 5.41. The molecule has 0 aliphatic carbocycles. The van der Waals surface area contributed by atoms with Gasteiger partial charge in [-0.15, -0.1) is 0 Å². The van der Waals surface area contributed by atoms with Gasteiger partial charge in [0.2, 0.25) is 0 Å². The molecule has 2 heteroatoms. The third-order valence-electron chi connectivity index (χ3n) is 0.347. The molecule has 2 nitrogen and oxygen atoms in total. The summed E-state index contributed by atoms with van der Waals surface area (Å²) < 4.78 is 4.47. The summed E-state index contributed by atoms with van der Waals surface area (Å²) in [5, 5.41) is 0. The van der Waals surface area contributed by atoms with Crippen molar-refractivity contribution in [3.8, 4) is 0 Å².